The van der Waals surface area contributed by atoms with Gasteiger partial charge in [-0.2, -0.15) is 0 Å². The van der Waals surface area contributed by atoms with Crippen molar-refractivity contribution in [1.29, 1.82) is 0 Å². The van der Waals surface area contributed by atoms with Crippen LogP contribution in [0.1, 0.15) is 39.5 Å². The Morgan fingerprint density at radius 3 is 2.79 bits per heavy atom. The summed E-state index contributed by atoms with van der Waals surface area (Å²) in [6.45, 7) is 5.06. The van der Waals surface area contributed by atoms with Crippen molar-refractivity contribution in [2.45, 2.75) is 39.5 Å². The monoisotopic (exact) mass is 271 g/mol. The Labute approximate surface area is 114 Å². The lowest BCUT2D eigenvalue weighted by molar-refractivity contribution is -0.140. The molecule has 0 aromatic carbocycles. The van der Waals surface area contributed by atoms with Crippen LogP contribution >= 0.6 is 0 Å². The van der Waals surface area contributed by atoms with Crippen LogP contribution in [0.5, 0.6) is 0 Å². The van der Waals surface area contributed by atoms with Gasteiger partial charge in [-0.3, -0.25) is 4.79 Å². The molecule has 0 aliphatic carbocycles. The highest BCUT2D eigenvalue weighted by atomic mass is 16.4. The molecule has 1 aliphatic rings. The number of nitrogens with zero attached hydrogens (tertiary/aromatic N) is 2. The lowest BCUT2D eigenvalue weighted by Crippen LogP contribution is -2.52. The van der Waals surface area contributed by atoms with E-state index in [9.17, 15) is 4.79 Å². The zero-order valence-electron chi connectivity index (χ0n) is 11.8. The summed E-state index contributed by atoms with van der Waals surface area (Å²) in [5, 5.41) is 20.9. The van der Waals surface area contributed by atoms with Crippen molar-refractivity contribution in [1.82, 2.24) is 4.90 Å². The number of amides is 1. The van der Waals surface area contributed by atoms with Crippen LogP contribution in [0.25, 0.3) is 0 Å². The first-order valence-electron chi connectivity index (χ1n) is 6.87. The van der Waals surface area contributed by atoms with Crippen molar-refractivity contribution in [2.24, 2.45) is 22.2 Å². The molecule has 1 rings (SSSR count). The maximum atomic E-state index is 12.6. The fraction of sp³-hybridized carbons (Fsp3) is 0.846. The van der Waals surface area contributed by atoms with Gasteiger partial charge in [-0.15, -0.1) is 0 Å². The van der Waals surface area contributed by atoms with Gasteiger partial charge in [-0.05, 0) is 38.5 Å². The zero-order valence-corrected chi connectivity index (χ0v) is 11.8. The van der Waals surface area contributed by atoms with E-state index in [-0.39, 0.29) is 18.3 Å². The molecule has 2 atom stereocenters. The Kier molecular flexibility index (Phi) is 5.60. The highest BCUT2D eigenvalue weighted by Gasteiger charge is 2.40. The molecule has 6 heteroatoms. The summed E-state index contributed by atoms with van der Waals surface area (Å²) in [4.78, 5) is 14.4. The fourth-order valence-corrected chi connectivity index (χ4v) is 2.57. The molecule has 4 N–H and O–H groups in total. The Bertz CT molecular complexity index is 344. The second kappa shape index (κ2) is 6.75. The standard InChI is InChI=1S/C13H25N3O3/c1-3-13(2,11(14)15-19)12(18)16-7-4-5-10(9-16)6-8-17/h10,17,19H,3-9H2,1-2H3,(H2,14,15). The van der Waals surface area contributed by atoms with Crippen LogP contribution in [0, 0.1) is 11.3 Å². The van der Waals surface area contributed by atoms with Gasteiger partial charge in [0.05, 0.1) is 0 Å². The lowest BCUT2D eigenvalue weighted by Gasteiger charge is -2.38. The van der Waals surface area contributed by atoms with Gasteiger partial charge >= 0.3 is 0 Å². The average molecular weight is 271 g/mol. The van der Waals surface area contributed by atoms with Gasteiger partial charge in [-0.25, -0.2) is 0 Å². The molecule has 6 nitrogen and oxygen atoms in total. The zero-order chi connectivity index (χ0) is 14.5. The molecular weight excluding hydrogens is 246 g/mol. The fourth-order valence-electron chi connectivity index (χ4n) is 2.57. The van der Waals surface area contributed by atoms with E-state index in [1.165, 1.54) is 0 Å². The van der Waals surface area contributed by atoms with E-state index in [2.05, 4.69) is 5.16 Å². The summed E-state index contributed by atoms with van der Waals surface area (Å²) in [6, 6.07) is 0. The van der Waals surface area contributed by atoms with Gasteiger partial charge in [0.25, 0.3) is 0 Å². The predicted molar refractivity (Wildman–Crippen MR) is 72.8 cm³/mol. The first kappa shape index (κ1) is 15.8. The van der Waals surface area contributed by atoms with Crippen LogP contribution < -0.4 is 5.73 Å². The topological polar surface area (TPSA) is 99.2 Å². The predicted octanol–water partition coefficient (Wildman–Crippen LogP) is 0.770. The van der Waals surface area contributed by atoms with Crippen LogP contribution in [0.3, 0.4) is 0 Å². The number of piperidine rings is 1. The van der Waals surface area contributed by atoms with Gasteiger partial charge < -0.3 is 20.9 Å². The molecule has 1 aliphatic heterocycles. The molecule has 0 aromatic rings. The molecule has 1 amide bonds. The Hall–Kier alpha value is -1.30. The summed E-state index contributed by atoms with van der Waals surface area (Å²) in [7, 11) is 0. The van der Waals surface area contributed by atoms with E-state index in [1.807, 2.05) is 6.92 Å². The molecule has 19 heavy (non-hydrogen) atoms. The summed E-state index contributed by atoms with van der Waals surface area (Å²) in [6.07, 6.45) is 3.18. The second-order valence-corrected chi connectivity index (χ2v) is 5.44. The molecule has 0 aromatic heterocycles. The molecule has 1 heterocycles. The quantitative estimate of drug-likeness (QED) is 0.298. The van der Waals surface area contributed by atoms with Crippen LogP contribution in [-0.4, -0.2) is 46.7 Å². The van der Waals surface area contributed by atoms with Gasteiger partial charge in [-0.1, -0.05) is 12.1 Å². The number of oxime groups is 1. The molecule has 0 bridgehead atoms. The van der Waals surface area contributed by atoms with Crippen molar-refractivity contribution in [3.8, 4) is 0 Å². The van der Waals surface area contributed by atoms with E-state index in [4.69, 9.17) is 16.0 Å². The molecule has 0 saturated carbocycles. The van der Waals surface area contributed by atoms with Crippen LogP contribution in [0.15, 0.2) is 5.16 Å². The number of aliphatic hydroxyl groups is 1. The Balaban J connectivity index is 2.80. The minimum Gasteiger partial charge on any atom is -0.409 e. The van der Waals surface area contributed by atoms with Gasteiger partial charge in [0.2, 0.25) is 5.91 Å². The maximum Gasteiger partial charge on any atom is 0.236 e. The molecule has 1 fully saturated rings. The third-order valence-corrected chi connectivity index (χ3v) is 4.20. The summed E-state index contributed by atoms with van der Waals surface area (Å²) >= 11 is 0. The van der Waals surface area contributed by atoms with E-state index in [0.29, 0.717) is 25.4 Å². The number of amidine groups is 1. The molecule has 0 radical (unpaired) electrons. The van der Waals surface area contributed by atoms with Gasteiger partial charge in [0, 0.05) is 19.7 Å². The van der Waals surface area contributed by atoms with Gasteiger partial charge in [0.15, 0.2) is 5.84 Å². The Morgan fingerprint density at radius 1 is 1.58 bits per heavy atom. The average Bonchev–Trinajstić information content (AvgIpc) is 2.45. The number of hydrogen-bond donors (Lipinski definition) is 3. The minimum atomic E-state index is -0.949. The number of likely N-dealkylation sites (tertiary alicyclic amines) is 1. The third kappa shape index (κ3) is 3.37. The first-order valence-corrected chi connectivity index (χ1v) is 6.87. The highest BCUT2D eigenvalue weighted by Crippen LogP contribution is 2.28. The number of aliphatic hydroxyl groups excluding tert-OH is 1. The number of carbonyl (C=O) groups is 1. The highest BCUT2D eigenvalue weighted by molar-refractivity contribution is 6.06. The molecule has 1 saturated heterocycles. The third-order valence-electron chi connectivity index (χ3n) is 4.20. The summed E-state index contributed by atoms with van der Waals surface area (Å²) < 4.78 is 0. The second-order valence-electron chi connectivity index (χ2n) is 5.44. The number of nitrogens with two attached hydrogens (primary N) is 1. The molecule has 0 spiro atoms. The number of hydrogen-bond acceptors (Lipinski definition) is 4. The van der Waals surface area contributed by atoms with E-state index in [0.717, 1.165) is 19.3 Å². The molecular formula is C13H25N3O3. The molecule has 110 valence electrons. The van der Waals surface area contributed by atoms with Crippen molar-refractivity contribution in [3.05, 3.63) is 0 Å². The van der Waals surface area contributed by atoms with Gasteiger partial charge in [0.1, 0.15) is 5.41 Å². The Morgan fingerprint density at radius 2 is 2.26 bits per heavy atom. The van der Waals surface area contributed by atoms with Crippen LogP contribution in [0.2, 0.25) is 0 Å². The SMILES string of the molecule is CCC(C)(C(=O)N1CCCC(CCO)C1)C(N)=NO. The summed E-state index contributed by atoms with van der Waals surface area (Å²) in [5.74, 6) is 0.216. The first-order chi connectivity index (χ1) is 8.99. The number of rotatable bonds is 5. The van der Waals surface area contributed by atoms with E-state index >= 15 is 0 Å². The van der Waals surface area contributed by atoms with Crippen molar-refractivity contribution < 1.29 is 15.1 Å². The number of carbonyl (C=O) groups excluding carboxylic acids is 1. The van der Waals surface area contributed by atoms with Crippen LogP contribution in [0.4, 0.5) is 0 Å². The van der Waals surface area contributed by atoms with Crippen LogP contribution in [-0.2, 0) is 4.79 Å². The van der Waals surface area contributed by atoms with Crippen molar-refractivity contribution in [2.75, 3.05) is 19.7 Å². The normalized spacial score (nSPS) is 24.1. The maximum absolute atomic E-state index is 12.6. The lowest BCUT2D eigenvalue weighted by atomic mass is 9.83. The minimum absolute atomic E-state index is 0.0377. The van der Waals surface area contributed by atoms with E-state index in [1.54, 1.807) is 11.8 Å². The smallest absolute Gasteiger partial charge is 0.236 e. The largest absolute Gasteiger partial charge is 0.409 e. The molecule has 2 unspecified atom stereocenters. The van der Waals surface area contributed by atoms with Crippen molar-refractivity contribution in [3.63, 3.8) is 0 Å². The van der Waals surface area contributed by atoms with E-state index < -0.39 is 5.41 Å². The van der Waals surface area contributed by atoms with Crippen molar-refractivity contribution >= 4 is 11.7 Å². The summed E-state index contributed by atoms with van der Waals surface area (Å²) in [5.41, 5.74) is 4.73.